The monoisotopic (exact) mass is 292 g/mol. The first-order valence-electron chi connectivity index (χ1n) is 7.08. The smallest absolute Gasteiger partial charge is 0.265 e. The fourth-order valence-electron chi connectivity index (χ4n) is 1.92. The molecule has 1 heterocycles. The van der Waals surface area contributed by atoms with Crippen LogP contribution >= 0.6 is 0 Å². The molecule has 1 aromatic rings. The van der Waals surface area contributed by atoms with E-state index in [4.69, 9.17) is 9.47 Å². The van der Waals surface area contributed by atoms with E-state index in [1.165, 1.54) is 0 Å². The Hall–Kier alpha value is -2.24. The second kappa shape index (κ2) is 6.97. The van der Waals surface area contributed by atoms with Crippen molar-refractivity contribution in [3.05, 3.63) is 24.3 Å². The summed E-state index contributed by atoms with van der Waals surface area (Å²) in [5, 5.41) is 5.36. The Labute approximate surface area is 123 Å². The maximum atomic E-state index is 12.1. The van der Waals surface area contributed by atoms with E-state index in [-0.39, 0.29) is 18.4 Å². The third kappa shape index (κ3) is 3.87. The number of carbonyl (C=O) groups excluding carboxylic acids is 2. The minimum atomic E-state index is -0.749. The van der Waals surface area contributed by atoms with Crippen molar-refractivity contribution >= 4 is 11.8 Å². The highest BCUT2D eigenvalue weighted by atomic mass is 16.6. The predicted octanol–water partition coefficient (Wildman–Crippen LogP) is 0.857. The molecule has 2 amide bonds. The van der Waals surface area contributed by atoms with Crippen molar-refractivity contribution in [2.45, 2.75) is 32.4 Å². The SMILES string of the molecule is CCCNC(=O)[C@H](C)NC(=O)[C@H]1COc2ccccc2O1. The summed E-state index contributed by atoms with van der Waals surface area (Å²) >= 11 is 0. The van der Waals surface area contributed by atoms with E-state index in [0.29, 0.717) is 18.0 Å². The standard InChI is InChI=1S/C15H20N2O4/c1-3-8-16-14(18)10(2)17-15(19)13-9-20-11-6-4-5-7-12(11)21-13/h4-7,10,13H,3,8-9H2,1-2H3,(H,16,18)(H,17,19)/t10-,13+/m0/s1. The fourth-order valence-corrected chi connectivity index (χ4v) is 1.92. The van der Waals surface area contributed by atoms with Gasteiger partial charge in [0.2, 0.25) is 12.0 Å². The molecule has 0 saturated carbocycles. The molecule has 6 nitrogen and oxygen atoms in total. The molecule has 2 N–H and O–H groups in total. The van der Waals surface area contributed by atoms with Gasteiger partial charge in [-0.3, -0.25) is 9.59 Å². The van der Waals surface area contributed by atoms with Crippen LogP contribution < -0.4 is 20.1 Å². The van der Waals surface area contributed by atoms with Crippen molar-refractivity contribution in [2.75, 3.05) is 13.2 Å². The molecular formula is C15H20N2O4. The largest absolute Gasteiger partial charge is 0.485 e. The van der Waals surface area contributed by atoms with Crippen LogP contribution in [0.4, 0.5) is 0 Å². The zero-order valence-corrected chi connectivity index (χ0v) is 12.2. The third-order valence-electron chi connectivity index (χ3n) is 3.10. The maximum Gasteiger partial charge on any atom is 0.265 e. The van der Waals surface area contributed by atoms with E-state index in [1.807, 2.05) is 19.1 Å². The normalized spacial score (nSPS) is 17.7. The molecule has 21 heavy (non-hydrogen) atoms. The average molecular weight is 292 g/mol. The number of ether oxygens (including phenoxy) is 2. The number of rotatable bonds is 5. The summed E-state index contributed by atoms with van der Waals surface area (Å²) in [6, 6.07) is 6.56. The summed E-state index contributed by atoms with van der Waals surface area (Å²) in [5.41, 5.74) is 0. The van der Waals surface area contributed by atoms with Crippen LogP contribution in [0.5, 0.6) is 11.5 Å². The minimum Gasteiger partial charge on any atom is -0.485 e. The van der Waals surface area contributed by atoms with Crippen molar-refractivity contribution in [3.63, 3.8) is 0 Å². The first-order valence-corrected chi connectivity index (χ1v) is 7.08. The highest BCUT2D eigenvalue weighted by molar-refractivity contribution is 5.89. The van der Waals surface area contributed by atoms with Crippen molar-refractivity contribution < 1.29 is 19.1 Å². The number of carbonyl (C=O) groups is 2. The van der Waals surface area contributed by atoms with Gasteiger partial charge in [-0.05, 0) is 25.5 Å². The molecule has 0 aliphatic carbocycles. The summed E-state index contributed by atoms with van der Waals surface area (Å²) in [7, 11) is 0. The molecule has 0 spiro atoms. The molecule has 0 saturated heterocycles. The first kappa shape index (κ1) is 15.2. The second-order valence-electron chi connectivity index (χ2n) is 4.89. The summed E-state index contributed by atoms with van der Waals surface area (Å²) in [4.78, 5) is 23.8. The van der Waals surface area contributed by atoms with Gasteiger partial charge in [0.1, 0.15) is 12.6 Å². The summed E-state index contributed by atoms with van der Waals surface area (Å²) < 4.78 is 11.1. The lowest BCUT2D eigenvalue weighted by Crippen LogP contribution is -2.51. The third-order valence-corrected chi connectivity index (χ3v) is 3.10. The highest BCUT2D eigenvalue weighted by Crippen LogP contribution is 2.30. The number of hydrogen-bond donors (Lipinski definition) is 2. The van der Waals surface area contributed by atoms with Crippen molar-refractivity contribution in [1.82, 2.24) is 10.6 Å². The van der Waals surface area contributed by atoms with Crippen LogP contribution in [0.25, 0.3) is 0 Å². The molecule has 114 valence electrons. The van der Waals surface area contributed by atoms with Crippen LogP contribution in [-0.4, -0.2) is 37.1 Å². The lowest BCUT2D eigenvalue weighted by atomic mass is 10.2. The van der Waals surface area contributed by atoms with Crippen LogP contribution in [0, 0.1) is 0 Å². The lowest BCUT2D eigenvalue weighted by molar-refractivity contribution is -0.134. The van der Waals surface area contributed by atoms with Gasteiger partial charge in [0.25, 0.3) is 5.91 Å². The highest BCUT2D eigenvalue weighted by Gasteiger charge is 2.29. The number of nitrogens with one attached hydrogen (secondary N) is 2. The van der Waals surface area contributed by atoms with Crippen molar-refractivity contribution in [3.8, 4) is 11.5 Å². The van der Waals surface area contributed by atoms with Gasteiger partial charge in [-0.2, -0.15) is 0 Å². The Morgan fingerprint density at radius 3 is 2.76 bits per heavy atom. The Balaban J connectivity index is 1.88. The van der Waals surface area contributed by atoms with Gasteiger partial charge in [-0.15, -0.1) is 0 Å². The molecule has 6 heteroatoms. The molecule has 0 fully saturated rings. The Kier molecular flexibility index (Phi) is 5.03. The topological polar surface area (TPSA) is 76.7 Å². The lowest BCUT2D eigenvalue weighted by Gasteiger charge is -2.26. The average Bonchev–Trinajstić information content (AvgIpc) is 2.51. The summed E-state index contributed by atoms with van der Waals surface area (Å²) in [5.74, 6) is 0.591. The van der Waals surface area contributed by atoms with E-state index >= 15 is 0 Å². The van der Waals surface area contributed by atoms with E-state index in [1.54, 1.807) is 19.1 Å². The van der Waals surface area contributed by atoms with Gasteiger partial charge in [0, 0.05) is 6.54 Å². The zero-order valence-electron chi connectivity index (χ0n) is 12.2. The van der Waals surface area contributed by atoms with E-state index in [0.717, 1.165) is 6.42 Å². The predicted molar refractivity (Wildman–Crippen MR) is 77.3 cm³/mol. The second-order valence-corrected chi connectivity index (χ2v) is 4.89. The molecule has 0 bridgehead atoms. The minimum absolute atomic E-state index is 0.131. The van der Waals surface area contributed by atoms with Gasteiger partial charge in [0.15, 0.2) is 11.5 Å². The molecule has 0 radical (unpaired) electrons. The van der Waals surface area contributed by atoms with Crippen LogP contribution in [0.2, 0.25) is 0 Å². The quantitative estimate of drug-likeness (QED) is 0.844. The maximum absolute atomic E-state index is 12.1. The molecule has 1 aliphatic rings. The fraction of sp³-hybridized carbons (Fsp3) is 0.467. The molecule has 1 aromatic carbocycles. The van der Waals surface area contributed by atoms with Crippen LogP contribution in [0.1, 0.15) is 20.3 Å². The van der Waals surface area contributed by atoms with E-state index < -0.39 is 12.1 Å². The van der Waals surface area contributed by atoms with Gasteiger partial charge in [-0.1, -0.05) is 19.1 Å². The van der Waals surface area contributed by atoms with Gasteiger partial charge < -0.3 is 20.1 Å². The number of para-hydroxylation sites is 2. The van der Waals surface area contributed by atoms with Crippen LogP contribution in [-0.2, 0) is 9.59 Å². The molecule has 2 rings (SSSR count). The summed E-state index contributed by atoms with van der Waals surface area (Å²) in [6.45, 7) is 4.33. The van der Waals surface area contributed by atoms with Gasteiger partial charge >= 0.3 is 0 Å². The Bertz CT molecular complexity index is 518. The van der Waals surface area contributed by atoms with Crippen LogP contribution in [0.3, 0.4) is 0 Å². The van der Waals surface area contributed by atoms with Gasteiger partial charge in [-0.25, -0.2) is 0 Å². The van der Waals surface area contributed by atoms with Crippen molar-refractivity contribution in [2.24, 2.45) is 0 Å². The molecule has 2 atom stereocenters. The molecule has 0 aromatic heterocycles. The Morgan fingerprint density at radius 1 is 1.33 bits per heavy atom. The molecular weight excluding hydrogens is 272 g/mol. The molecule has 1 aliphatic heterocycles. The van der Waals surface area contributed by atoms with Crippen molar-refractivity contribution in [1.29, 1.82) is 0 Å². The summed E-state index contributed by atoms with van der Waals surface area (Å²) in [6.07, 6.45) is 0.101. The van der Waals surface area contributed by atoms with Crippen LogP contribution in [0.15, 0.2) is 24.3 Å². The zero-order chi connectivity index (χ0) is 15.2. The number of amides is 2. The van der Waals surface area contributed by atoms with Gasteiger partial charge in [0.05, 0.1) is 0 Å². The number of hydrogen-bond acceptors (Lipinski definition) is 4. The molecule has 0 unspecified atom stereocenters. The van der Waals surface area contributed by atoms with E-state index in [9.17, 15) is 9.59 Å². The Morgan fingerprint density at radius 2 is 2.05 bits per heavy atom. The number of benzene rings is 1. The van der Waals surface area contributed by atoms with E-state index in [2.05, 4.69) is 10.6 Å². The first-order chi connectivity index (χ1) is 10.1. The number of fused-ring (bicyclic) bond motifs is 1.